The summed E-state index contributed by atoms with van der Waals surface area (Å²) in [6, 6.07) is 7.05. The van der Waals surface area contributed by atoms with Crippen LogP contribution in [0.2, 0.25) is 0 Å². The van der Waals surface area contributed by atoms with Gasteiger partial charge < -0.3 is 33.5 Å². The minimum Gasteiger partial charge on any atom is -0.493 e. The standard InChI is InChI=1S/C26H36O9S/c1-7-10-34-26-23(32-5)13-18(14-24(26)36(28,29)15-16(2)27)20-9-8-19(35-20)17-11-21(30-3)25(33-6)22(12-17)31-4/h11-14,16,19-20,27H,7-10,15H2,1-6H3. The minimum absolute atomic E-state index is 0.00830. The van der Waals surface area contributed by atoms with E-state index in [1.807, 2.05) is 19.1 Å². The molecule has 36 heavy (non-hydrogen) atoms. The van der Waals surface area contributed by atoms with E-state index in [0.29, 0.717) is 54.4 Å². The Morgan fingerprint density at radius 1 is 0.889 bits per heavy atom. The summed E-state index contributed by atoms with van der Waals surface area (Å²) in [6.45, 7) is 3.70. The Morgan fingerprint density at radius 2 is 1.39 bits per heavy atom. The van der Waals surface area contributed by atoms with Crippen molar-refractivity contribution in [3.8, 4) is 28.7 Å². The molecule has 10 heteroatoms. The van der Waals surface area contributed by atoms with Crippen molar-refractivity contribution in [2.45, 2.75) is 56.3 Å². The van der Waals surface area contributed by atoms with Gasteiger partial charge in [0.2, 0.25) is 5.75 Å². The molecular weight excluding hydrogens is 488 g/mol. The van der Waals surface area contributed by atoms with Gasteiger partial charge in [0.15, 0.2) is 32.8 Å². The van der Waals surface area contributed by atoms with Crippen molar-refractivity contribution in [1.82, 2.24) is 0 Å². The molecule has 1 heterocycles. The summed E-state index contributed by atoms with van der Waals surface area (Å²) in [6.07, 6.45) is 0.399. The quantitative estimate of drug-likeness (QED) is 0.435. The van der Waals surface area contributed by atoms with Gasteiger partial charge in [0.1, 0.15) is 4.90 Å². The predicted octanol–water partition coefficient (Wildman–Crippen LogP) is 4.26. The van der Waals surface area contributed by atoms with Crippen LogP contribution in [0.25, 0.3) is 0 Å². The molecule has 3 unspecified atom stereocenters. The molecule has 0 saturated carbocycles. The second kappa shape index (κ2) is 12.0. The highest BCUT2D eigenvalue weighted by atomic mass is 32.2. The van der Waals surface area contributed by atoms with Crippen molar-refractivity contribution in [1.29, 1.82) is 0 Å². The molecular formula is C26H36O9S. The summed E-state index contributed by atoms with van der Waals surface area (Å²) in [7, 11) is 2.28. The third kappa shape index (κ3) is 5.99. The first-order valence-corrected chi connectivity index (χ1v) is 13.5. The van der Waals surface area contributed by atoms with Gasteiger partial charge in [-0.05, 0) is 61.6 Å². The lowest BCUT2D eigenvalue weighted by atomic mass is 10.0. The Hall–Kier alpha value is -2.69. The van der Waals surface area contributed by atoms with Crippen LogP contribution in [0.3, 0.4) is 0 Å². The van der Waals surface area contributed by atoms with Crippen LogP contribution in [-0.4, -0.2) is 60.4 Å². The van der Waals surface area contributed by atoms with E-state index >= 15 is 0 Å². The fraction of sp³-hybridized carbons (Fsp3) is 0.538. The van der Waals surface area contributed by atoms with Crippen molar-refractivity contribution in [3.63, 3.8) is 0 Å². The van der Waals surface area contributed by atoms with E-state index in [4.69, 9.17) is 28.4 Å². The first-order valence-electron chi connectivity index (χ1n) is 11.9. The maximum atomic E-state index is 13.2. The molecule has 0 spiro atoms. The first-order chi connectivity index (χ1) is 17.2. The molecule has 0 radical (unpaired) electrons. The van der Waals surface area contributed by atoms with Gasteiger partial charge in [-0.3, -0.25) is 0 Å². The van der Waals surface area contributed by atoms with Gasteiger partial charge in [-0.2, -0.15) is 0 Å². The Morgan fingerprint density at radius 3 is 1.83 bits per heavy atom. The summed E-state index contributed by atoms with van der Waals surface area (Å²) < 4.78 is 60.4. The maximum Gasteiger partial charge on any atom is 0.203 e. The number of hydrogen-bond acceptors (Lipinski definition) is 9. The van der Waals surface area contributed by atoms with Gasteiger partial charge in [0.25, 0.3) is 0 Å². The number of aliphatic hydroxyl groups excluding tert-OH is 1. The van der Waals surface area contributed by atoms with Crippen LogP contribution in [0.4, 0.5) is 0 Å². The molecule has 0 aromatic heterocycles. The average molecular weight is 525 g/mol. The summed E-state index contributed by atoms with van der Waals surface area (Å²) in [5.74, 6) is 1.60. The number of methoxy groups -OCH3 is 4. The smallest absolute Gasteiger partial charge is 0.203 e. The lowest BCUT2D eigenvalue weighted by Crippen LogP contribution is -2.19. The molecule has 3 atom stereocenters. The van der Waals surface area contributed by atoms with E-state index in [0.717, 1.165) is 5.56 Å². The summed E-state index contributed by atoms with van der Waals surface area (Å²) in [5.41, 5.74) is 1.53. The van der Waals surface area contributed by atoms with Crippen molar-refractivity contribution in [3.05, 3.63) is 35.4 Å². The van der Waals surface area contributed by atoms with Crippen LogP contribution in [-0.2, 0) is 14.6 Å². The fourth-order valence-electron chi connectivity index (χ4n) is 4.33. The first kappa shape index (κ1) is 27.9. The zero-order valence-corrected chi connectivity index (χ0v) is 22.5. The van der Waals surface area contributed by atoms with Gasteiger partial charge in [0.05, 0.1) is 59.1 Å². The number of hydrogen-bond donors (Lipinski definition) is 1. The second-order valence-corrected chi connectivity index (χ2v) is 10.7. The number of ether oxygens (including phenoxy) is 6. The summed E-state index contributed by atoms with van der Waals surface area (Å²) >= 11 is 0. The highest BCUT2D eigenvalue weighted by molar-refractivity contribution is 7.91. The van der Waals surface area contributed by atoms with Crippen LogP contribution in [0.15, 0.2) is 29.2 Å². The minimum atomic E-state index is -3.85. The molecule has 3 rings (SSSR count). The predicted molar refractivity (Wildman–Crippen MR) is 134 cm³/mol. The lowest BCUT2D eigenvalue weighted by Gasteiger charge is -2.21. The molecule has 0 aliphatic carbocycles. The van der Waals surface area contributed by atoms with Gasteiger partial charge in [-0.1, -0.05) is 6.92 Å². The monoisotopic (exact) mass is 524 g/mol. The van der Waals surface area contributed by atoms with Crippen LogP contribution < -0.4 is 23.7 Å². The molecule has 2 aromatic rings. The van der Waals surface area contributed by atoms with Crippen LogP contribution in [0.1, 0.15) is 56.4 Å². The Labute approximate surface area is 213 Å². The summed E-state index contributed by atoms with van der Waals surface area (Å²) in [5, 5.41) is 9.80. The van der Waals surface area contributed by atoms with Crippen LogP contribution in [0, 0.1) is 0 Å². The number of aliphatic hydroxyl groups is 1. The summed E-state index contributed by atoms with van der Waals surface area (Å²) in [4.78, 5) is -0.00830. The van der Waals surface area contributed by atoms with E-state index in [1.54, 1.807) is 33.5 Å². The average Bonchev–Trinajstić information content (AvgIpc) is 3.35. The highest BCUT2D eigenvalue weighted by Gasteiger charge is 2.33. The second-order valence-electron chi connectivity index (χ2n) is 8.68. The normalized spacial score (nSPS) is 18.5. The maximum absolute atomic E-state index is 13.2. The highest BCUT2D eigenvalue weighted by Crippen LogP contribution is 2.48. The molecule has 2 aromatic carbocycles. The SMILES string of the molecule is CCCOc1c(OC)cc(C2CCC(c3cc(OC)c(OC)c(OC)c3)O2)cc1S(=O)(=O)CC(C)O. The molecule has 1 aliphatic rings. The van der Waals surface area contributed by atoms with E-state index in [9.17, 15) is 13.5 Å². The fourth-order valence-corrected chi connectivity index (χ4v) is 5.91. The zero-order chi connectivity index (χ0) is 26.5. The van der Waals surface area contributed by atoms with E-state index in [2.05, 4.69) is 0 Å². The van der Waals surface area contributed by atoms with E-state index in [1.165, 1.54) is 14.0 Å². The number of rotatable bonds is 12. The number of benzene rings is 2. The molecule has 9 nitrogen and oxygen atoms in total. The number of sulfone groups is 1. The molecule has 0 amide bonds. The largest absolute Gasteiger partial charge is 0.493 e. The van der Waals surface area contributed by atoms with E-state index in [-0.39, 0.29) is 22.9 Å². The van der Waals surface area contributed by atoms with Gasteiger partial charge >= 0.3 is 0 Å². The third-order valence-electron chi connectivity index (χ3n) is 5.96. The lowest BCUT2D eigenvalue weighted by molar-refractivity contribution is 0.0435. The molecule has 200 valence electrons. The van der Waals surface area contributed by atoms with Crippen molar-refractivity contribution in [2.75, 3.05) is 40.8 Å². The molecule has 0 bridgehead atoms. The van der Waals surface area contributed by atoms with Gasteiger partial charge in [0, 0.05) is 0 Å². The Kier molecular flexibility index (Phi) is 9.32. The van der Waals surface area contributed by atoms with E-state index < -0.39 is 21.7 Å². The zero-order valence-electron chi connectivity index (χ0n) is 21.7. The Balaban J connectivity index is 1.99. The van der Waals surface area contributed by atoms with Gasteiger partial charge in [-0.25, -0.2) is 8.42 Å². The molecule has 1 fully saturated rings. The molecule has 1 N–H and O–H groups in total. The topological polar surface area (TPSA) is 110 Å². The van der Waals surface area contributed by atoms with Crippen molar-refractivity contribution < 1.29 is 41.9 Å². The molecule has 1 aliphatic heterocycles. The third-order valence-corrected chi connectivity index (χ3v) is 7.85. The van der Waals surface area contributed by atoms with Gasteiger partial charge in [-0.15, -0.1) is 0 Å². The van der Waals surface area contributed by atoms with Crippen molar-refractivity contribution >= 4 is 9.84 Å². The van der Waals surface area contributed by atoms with Crippen molar-refractivity contribution in [2.24, 2.45) is 0 Å². The Bertz CT molecular complexity index is 1120. The van der Waals surface area contributed by atoms with Crippen LogP contribution >= 0.6 is 0 Å². The molecule has 1 saturated heterocycles. The van der Waals surface area contributed by atoms with Crippen LogP contribution in [0.5, 0.6) is 28.7 Å².